The van der Waals surface area contributed by atoms with Crippen molar-refractivity contribution in [2.24, 2.45) is 5.73 Å². The van der Waals surface area contributed by atoms with Crippen LogP contribution in [-0.4, -0.2) is 35.0 Å². The maximum Gasteiger partial charge on any atom is 0.0508 e. The number of nitrogens with two attached hydrogens (primary N) is 1. The summed E-state index contributed by atoms with van der Waals surface area (Å²) in [5, 5.41) is 0.697. The van der Waals surface area contributed by atoms with E-state index in [0.29, 0.717) is 11.3 Å². The molecule has 1 fully saturated rings. The minimum atomic E-state index is 0.138. The average molecular weight is 329 g/mol. The zero-order chi connectivity index (χ0) is 13.1. The summed E-state index contributed by atoms with van der Waals surface area (Å²) in [6, 6.07) is 8.89. The van der Waals surface area contributed by atoms with Crippen LogP contribution in [0.1, 0.15) is 25.5 Å². The molecule has 18 heavy (non-hydrogen) atoms. The molecule has 2 rings (SSSR count). The fourth-order valence-electron chi connectivity index (χ4n) is 2.63. The van der Waals surface area contributed by atoms with Crippen molar-refractivity contribution in [3.63, 3.8) is 0 Å². The smallest absolute Gasteiger partial charge is 0.0508 e. The molecule has 1 aliphatic heterocycles. The number of thioether (sulfide) groups is 1. The third kappa shape index (κ3) is 3.29. The largest absolute Gasteiger partial charge is 0.326 e. The molecule has 0 amide bonds. The normalized spacial score (nSPS) is 24.8. The lowest BCUT2D eigenvalue weighted by Crippen LogP contribution is -2.45. The van der Waals surface area contributed by atoms with E-state index in [9.17, 15) is 0 Å². The molecule has 1 aromatic carbocycles. The standard InChI is InChI=1S/C14H21BrN2S/c1-10-9-17(7-8-18-10)14(11(2)16)12-5-3-4-6-13(12)15/h3-6,10-11,14H,7-9,16H2,1-2H3. The fraction of sp³-hybridized carbons (Fsp3) is 0.571. The van der Waals surface area contributed by atoms with E-state index in [4.69, 9.17) is 5.73 Å². The van der Waals surface area contributed by atoms with Crippen LogP contribution in [-0.2, 0) is 0 Å². The van der Waals surface area contributed by atoms with Gasteiger partial charge in [-0.2, -0.15) is 11.8 Å². The van der Waals surface area contributed by atoms with E-state index >= 15 is 0 Å². The van der Waals surface area contributed by atoms with Crippen molar-refractivity contribution in [1.82, 2.24) is 4.90 Å². The monoisotopic (exact) mass is 328 g/mol. The first-order chi connectivity index (χ1) is 8.59. The third-order valence-corrected chi connectivity index (χ3v) is 5.25. The van der Waals surface area contributed by atoms with Gasteiger partial charge in [0.2, 0.25) is 0 Å². The average Bonchev–Trinajstić information content (AvgIpc) is 2.32. The van der Waals surface area contributed by atoms with Crippen LogP contribution in [0.15, 0.2) is 28.7 Å². The Bertz CT molecular complexity index is 397. The number of nitrogens with zero attached hydrogens (tertiary/aromatic N) is 1. The first-order valence-corrected chi connectivity index (χ1v) is 8.29. The van der Waals surface area contributed by atoms with Crippen molar-refractivity contribution in [3.05, 3.63) is 34.3 Å². The molecule has 1 saturated heterocycles. The molecule has 2 nitrogen and oxygen atoms in total. The van der Waals surface area contributed by atoms with Crippen LogP contribution in [0.4, 0.5) is 0 Å². The zero-order valence-electron chi connectivity index (χ0n) is 11.0. The molecule has 0 bridgehead atoms. The number of benzene rings is 1. The Morgan fingerprint density at radius 1 is 1.44 bits per heavy atom. The van der Waals surface area contributed by atoms with Crippen molar-refractivity contribution in [3.8, 4) is 0 Å². The molecule has 0 aliphatic carbocycles. The summed E-state index contributed by atoms with van der Waals surface area (Å²) in [4.78, 5) is 2.53. The molecule has 0 saturated carbocycles. The Morgan fingerprint density at radius 3 is 2.78 bits per heavy atom. The second kappa shape index (κ2) is 6.42. The van der Waals surface area contributed by atoms with Crippen LogP contribution >= 0.6 is 27.7 Å². The van der Waals surface area contributed by atoms with E-state index in [2.05, 4.69) is 70.7 Å². The number of halogens is 1. The summed E-state index contributed by atoms with van der Waals surface area (Å²) in [5.74, 6) is 1.20. The van der Waals surface area contributed by atoms with Crippen LogP contribution in [0.5, 0.6) is 0 Å². The van der Waals surface area contributed by atoms with Gasteiger partial charge in [-0.1, -0.05) is 41.1 Å². The van der Waals surface area contributed by atoms with Gasteiger partial charge in [0, 0.05) is 34.6 Å². The fourth-order valence-corrected chi connectivity index (χ4v) is 4.18. The van der Waals surface area contributed by atoms with Gasteiger partial charge in [0.05, 0.1) is 6.04 Å². The predicted molar refractivity (Wildman–Crippen MR) is 84.0 cm³/mol. The van der Waals surface area contributed by atoms with Gasteiger partial charge in [0.15, 0.2) is 0 Å². The highest BCUT2D eigenvalue weighted by Crippen LogP contribution is 2.32. The van der Waals surface area contributed by atoms with Crippen molar-refractivity contribution in [2.75, 3.05) is 18.8 Å². The Balaban J connectivity index is 2.26. The molecule has 1 aromatic rings. The number of rotatable bonds is 3. The lowest BCUT2D eigenvalue weighted by molar-refractivity contribution is 0.184. The molecule has 1 heterocycles. The maximum atomic E-state index is 6.24. The summed E-state index contributed by atoms with van der Waals surface area (Å²) >= 11 is 5.72. The first kappa shape index (κ1) is 14.4. The highest BCUT2D eigenvalue weighted by molar-refractivity contribution is 9.10. The van der Waals surface area contributed by atoms with Gasteiger partial charge >= 0.3 is 0 Å². The SMILES string of the molecule is CC1CN(C(c2ccccc2Br)C(C)N)CCS1. The van der Waals surface area contributed by atoms with Gasteiger partial charge in [0.1, 0.15) is 0 Å². The number of hydrogen-bond acceptors (Lipinski definition) is 3. The van der Waals surface area contributed by atoms with Crippen molar-refractivity contribution < 1.29 is 0 Å². The Morgan fingerprint density at radius 2 is 2.17 bits per heavy atom. The topological polar surface area (TPSA) is 29.3 Å². The second-order valence-corrected chi connectivity index (χ2v) is 7.40. The molecular formula is C14H21BrN2S. The van der Waals surface area contributed by atoms with E-state index in [0.717, 1.165) is 17.6 Å². The van der Waals surface area contributed by atoms with Crippen LogP contribution in [0.3, 0.4) is 0 Å². The van der Waals surface area contributed by atoms with Crippen molar-refractivity contribution in [2.45, 2.75) is 31.2 Å². The quantitative estimate of drug-likeness (QED) is 0.923. The minimum Gasteiger partial charge on any atom is -0.326 e. The van der Waals surface area contributed by atoms with Crippen molar-refractivity contribution >= 4 is 27.7 Å². The van der Waals surface area contributed by atoms with Gasteiger partial charge in [-0.15, -0.1) is 0 Å². The van der Waals surface area contributed by atoms with E-state index in [1.54, 1.807) is 0 Å². The van der Waals surface area contributed by atoms with E-state index in [1.165, 1.54) is 11.3 Å². The van der Waals surface area contributed by atoms with Crippen LogP contribution in [0, 0.1) is 0 Å². The minimum absolute atomic E-state index is 0.138. The zero-order valence-corrected chi connectivity index (χ0v) is 13.4. The molecular weight excluding hydrogens is 308 g/mol. The Labute approximate surface area is 122 Å². The molecule has 0 spiro atoms. The summed E-state index contributed by atoms with van der Waals surface area (Å²) in [5.41, 5.74) is 7.56. The Kier molecular flexibility index (Phi) is 5.13. The van der Waals surface area contributed by atoms with Gasteiger partial charge in [-0.05, 0) is 18.6 Å². The summed E-state index contributed by atoms with van der Waals surface area (Å²) in [6.07, 6.45) is 0. The van der Waals surface area contributed by atoms with Crippen LogP contribution < -0.4 is 5.73 Å². The van der Waals surface area contributed by atoms with Crippen LogP contribution in [0.2, 0.25) is 0 Å². The summed E-state index contributed by atoms with van der Waals surface area (Å²) in [7, 11) is 0. The highest BCUT2D eigenvalue weighted by Gasteiger charge is 2.28. The molecule has 2 N–H and O–H groups in total. The number of hydrogen-bond donors (Lipinski definition) is 1. The molecule has 1 aliphatic rings. The first-order valence-electron chi connectivity index (χ1n) is 6.45. The maximum absolute atomic E-state index is 6.24. The van der Waals surface area contributed by atoms with Gasteiger partial charge in [0.25, 0.3) is 0 Å². The van der Waals surface area contributed by atoms with E-state index in [1.807, 2.05) is 0 Å². The predicted octanol–water partition coefficient (Wildman–Crippen LogP) is 3.27. The second-order valence-electron chi connectivity index (χ2n) is 5.00. The van der Waals surface area contributed by atoms with Gasteiger partial charge in [-0.25, -0.2) is 0 Å². The third-order valence-electron chi connectivity index (χ3n) is 3.39. The molecule has 100 valence electrons. The summed E-state index contributed by atoms with van der Waals surface area (Å²) in [6.45, 7) is 6.66. The van der Waals surface area contributed by atoms with E-state index < -0.39 is 0 Å². The molecule has 0 radical (unpaired) electrons. The highest BCUT2D eigenvalue weighted by atomic mass is 79.9. The lowest BCUT2D eigenvalue weighted by atomic mass is 9.99. The van der Waals surface area contributed by atoms with Gasteiger partial charge < -0.3 is 5.73 Å². The van der Waals surface area contributed by atoms with Gasteiger partial charge in [-0.3, -0.25) is 4.90 Å². The Hall–Kier alpha value is -0.0300. The van der Waals surface area contributed by atoms with E-state index in [-0.39, 0.29) is 6.04 Å². The summed E-state index contributed by atoms with van der Waals surface area (Å²) < 4.78 is 1.16. The van der Waals surface area contributed by atoms with Crippen LogP contribution in [0.25, 0.3) is 0 Å². The molecule has 3 atom stereocenters. The molecule has 4 heteroatoms. The van der Waals surface area contributed by atoms with Crippen molar-refractivity contribution in [1.29, 1.82) is 0 Å². The molecule has 3 unspecified atom stereocenters. The lowest BCUT2D eigenvalue weighted by Gasteiger charge is -2.39. The molecule has 0 aromatic heterocycles.